The molecule has 0 aliphatic heterocycles. The summed E-state index contributed by atoms with van der Waals surface area (Å²) in [6.07, 6.45) is 0. The molecule has 2 rings (SSSR count). The Balaban J connectivity index is 2.28. The number of benzene rings is 1. The van der Waals surface area contributed by atoms with Gasteiger partial charge in [0.1, 0.15) is 0 Å². The quantitative estimate of drug-likeness (QED) is 0.834. The Morgan fingerprint density at radius 2 is 2.05 bits per heavy atom. The predicted molar refractivity (Wildman–Crippen MR) is 84.6 cm³/mol. The third kappa shape index (κ3) is 3.39. The molecule has 0 saturated heterocycles. The Kier molecular flexibility index (Phi) is 4.90. The molecule has 2 aromatic rings. The average molecular weight is 304 g/mol. The summed E-state index contributed by atoms with van der Waals surface area (Å²) in [4.78, 5) is 12.4. The minimum Gasteiger partial charge on any atom is -0.342 e. The zero-order valence-corrected chi connectivity index (χ0v) is 13.3. The summed E-state index contributed by atoms with van der Waals surface area (Å²) in [6.45, 7) is 6.82. The topological polar surface area (TPSA) is 62.7 Å². The Labute approximate surface area is 129 Å². The lowest BCUT2D eigenvalue weighted by atomic mass is 10.0. The highest BCUT2D eigenvalue weighted by atomic mass is 32.1. The van der Waals surface area contributed by atoms with Crippen LogP contribution in [0.1, 0.15) is 43.0 Å². The van der Waals surface area contributed by atoms with E-state index >= 15 is 0 Å². The molecule has 0 aliphatic carbocycles. The van der Waals surface area contributed by atoms with Gasteiger partial charge in [-0.15, -0.1) is 0 Å². The van der Waals surface area contributed by atoms with Crippen molar-refractivity contribution in [2.24, 2.45) is 5.92 Å². The van der Waals surface area contributed by atoms with Crippen molar-refractivity contribution in [2.75, 3.05) is 0 Å². The summed E-state index contributed by atoms with van der Waals surface area (Å²) < 4.78 is 2.48. The van der Waals surface area contributed by atoms with E-state index < -0.39 is 0 Å². The zero-order valence-electron chi connectivity index (χ0n) is 12.5. The molecule has 0 aliphatic rings. The molecule has 0 saturated carbocycles. The van der Waals surface area contributed by atoms with Crippen molar-refractivity contribution in [1.29, 1.82) is 0 Å². The van der Waals surface area contributed by atoms with Crippen LogP contribution in [0.15, 0.2) is 30.3 Å². The van der Waals surface area contributed by atoms with Gasteiger partial charge in [0.2, 0.25) is 0 Å². The highest BCUT2D eigenvalue weighted by molar-refractivity contribution is 7.71. The number of H-pyrrole nitrogens is 1. The van der Waals surface area contributed by atoms with E-state index in [1.165, 1.54) is 0 Å². The van der Waals surface area contributed by atoms with E-state index in [2.05, 4.69) is 15.5 Å². The molecule has 0 bridgehead atoms. The molecular weight excluding hydrogens is 284 g/mol. The summed E-state index contributed by atoms with van der Waals surface area (Å²) in [5.41, 5.74) is 0.639. The second-order valence-electron chi connectivity index (χ2n) is 5.19. The molecule has 5 nitrogen and oxygen atoms in total. The Bertz CT molecular complexity index is 660. The first-order valence-corrected chi connectivity index (χ1v) is 7.46. The van der Waals surface area contributed by atoms with Crippen LogP contribution >= 0.6 is 12.2 Å². The standard InChI is InChI=1S/C15H20N4OS/c1-4-19-13(17-18-15(19)21)12(10(2)3)16-14(20)11-8-6-5-7-9-11/h5-10,12H,4H2,1-3H3,(H,16,20)(H,18,21)/t12-/m1/s1. The largest absolute Gasteiger partial charge is 0.342 e. The monoisotopic (exact) mass is 304 g/mol. The summed E-state index contributed by atoms with van der Waals surface area (Å²) in [5, 5.41) is 10.1. The second kappa shape index (κ2) is 6.67. The molecule has 1 amide bonds. The lowest BCUT2D eigenvalue weighted by Gasteiger charge is -2.22. The van der Waals surface area contributed by atoms with E-state index in [0.717, 1.165) is 12.4 Å². The van der Waals surface area contributed by atoms with Gasteiger partial charge in [0, 0.05) is 12.1 Å². The predicted octanol–water partition coefficient (Wildman–Crippen LogP) is 3.09. The lowest BCUT2D eigenvalue weighted by Crippen LogP contribution is -2.33. The fraction of sp³-hybridized carbons (Fsp3) is 0.400. The van der Waals surface area contributed by atoms with E-state index in [0.29, 0.717) is 10.3 Å². The summed E-state index contributed by atoms with van der Waals surface area (Å²) >= 11 is 5.22. The fourth-order valence-electron chi connectivity index (χ4n) is 2.22. The van der Waals surface area contributed by atoms with E-state index in [4.69, 9.17) is 12.2 Å². The lowest BCUT2D eigenvalue weighted by molar-refractivity contribution is 0.0922. The number of carbonyl (C=O) groups is 1. The van der Waals surface area contributed by atoms with Crippen molar-refractivity contribution in [3.63, 3.8) is 0 Å². The van der Waals surface area contributed by atoms with Gasteiger partial charge < -0.3 is 9.88 Å². The fourth-order valence-corrected chi connectivity index (χ4v) is 2.48. The molecular formula is C15H20N4OS. The van der Waals surface area contributed by atoms with Gasteiger partial charge in [-0.05, 0) is 37.2 Å². The maximum absolute atomic E-state index is 12.4. The van der Waals surface area contributed by atoms with Gasteiger partial charge in [-0.3, -0.25) is 9.89 Å². The molecule has 0 fully saturated rings. The number of hydrogen-bond donors (Lipinski definition) is 2. The Morgan fingerprint density at radius 1 is 1.38 bits per heavy atom. The van der Waals surface area contributed by atoms with Crippen LogP contribution < -0.4 is 5.32 Å². The molecule has 1 aromatic carbocycles. The SMILES string of the molecule is CCn1c([C@H](NC(=O)c2ccccc2)C(C)C)n[nH]c1=S. The van der Waals surface area contributed by atoms with Crippen molar-refractivity contribution in [3.05, 3.63) is 46.5 Å². The highest BCUT2D eigenvalue weighted by Gasteiger charge is 2.24. The van der Waals surface area contributed by atoms with Crippen molar-refractivity contribution >= 4 is 18.1 Å². The zero-order chi connectivity index (χ0) is 15.4. The van der Waals surface area contributed by atoms with Crippen LogP contribution in [0.5, 0.6) is 0 Å². The Morgan fingerprint density at radius 3 is 2.62 bits per heavy atom. The van der Waals surface area contributed by atoms with Crippen LogP contribution in [0.25, 0.3) is 0 Å². The van der Waals surface area contributed by atoms with Crippen molar-refractivity contribution in [2.45, 2.75) is 33.4 Å². The van der Waals surface area contributed by atoms with Gasteiger partial charge >= 0.3 is 0 Å². The Hall–Kier alpha value is -1.95. The molecule has 6 heteroatoms. The van der Waals surface area contributed by atoms with Crippen LogP contribution in [-0.2, 0) is 6.54 Å². The number of carbonyl (C=O) groups excluding carboxylic acids is 1. The molecule has 21 heavy (non-hydrogen) atoms. The van der Waals surface area contributed by atoms with Gasteiger partial charge in [-0.2, -0.15) is 5.10 Å². The van der Waals surface area contributed by atoms with Crippen molar-refractivity contribution in [3.8, 4) is 0 Å². The van der Waals surface area contributed by atoms with Crippen molar-refractivity contribution < 1.29 is 4.79 Å². The number of aromatic amines is 1. The smallest absolute Gasteiger partial charge is 0.251 e. The van der Waals surface area contributed by atoms with Crippen molar-refractivity contribution in [1.82, 2.24) is 20.1 Å². The first kappa shape index (κ1) is 15.4. The van der Waals surface area contributed by atoms with E-state index in [9.17, 15) is 4.79 Å². The number of rotatable bonds is 5. The molecule has 112 valence electrons. The van der Waals surface area contributed by atoms with E-state index in [-0.39, 0.29) is 17.9 Å². The maximum Gasteiger partial charge on any atom is 0.251 e. The number of aromatic nitrogens is 3. The van der Waals surface area contributed by atoms with E-state index in [1.54, 1.807) is 12.1 Å². The molecule has 0 unspecified atom stereocenters. The van der Waals surface area contributed by atoms with Gasteiger partial charge in [-0.1, -0.05) is 32.0 Å². The molecule has 0 spiro atoms. The summed E-state index contributed by atoms with van der Waals surface area (Å²) in [6, 6.07) is 8.99. The molecule has 0 radical (unpaired) electrons. The molecule has 1 heterocycles. The minimum absolute atomic E-state index is 0.106. The normalized spacial score (nSPS) is 12.4. The molecule has 1 atom stereocenters. The first-order chi connectivity index (χ1) is 10.0. The van der Waals surface area contributed by atoms with Crippen LogP contribution in [0.3, 0.4) is 0 Å². The highest BCUT2D eigenvalue weighted by Crippen LogP contribution is 2.20. The number of nitrogens with one attached hydrogen (secondary N) is 2. The molecule has 1 aromatic heterocycles. The maximum atomic E-state index is 12.4. The third-order valence-electron chi connectivity index (χ3n) is 3.37. The number of amides is 1. The van der Waals surface area contributed by atoms with Gasteiger partial charge in [-0.25, -0.2) is 0 Å². The van der Waals surface area contributed by atoms with Crippen LogP contribution in [-0.4, -0.2) is 20.7 Å². The first-order valence-electron chi connectivity index (χ1n) is 7.05. The average Bonchev–Trinajstić information content (AvgIpc) is 2.85. The van der Waals surface area contributed by atoms with Crippen LogP contribution in [0.4, 0.5) is 0 Å². The number of nitrogens with zero attached hydrogens (tertiary/aromatic N) is 2. The molecule has 2 N–H and O–H groups in total. The van der Waals surface area contributed by atoms with Gasteiger partial charge in [0.15, 0.2) is 10.6 Å². The second-order valence-corrected chi connectivity index (χ2v) is 5.58. The van der Waals surface area contributed by atoms with Gasteiger partial charge in [0.05, 0.1) is 6.04 Å². The minimum atomic E-state index is -0.189. The van der Waals surface area contributed by atoms with Gasteiger partial charge in [0.25, 0.3) is 5.91 Å². The summed E-state index contributed by atoms with van der Waals surface area (Å²) in [7, 11) is 0. The van der Waals surface area contributed by atoms with Crippen LogP contribution in [0, 0.1) is 10.7 Å². The van der Waals surface area contributed by atoms with Crippen LogP contribution in [0.2, 0.25) is 0 Å². The number of hydrogen-bond acceptors (Lipinski definition) is 3. The van der Waals surface area contributed by atoms with E-state index in [1.807, 2.05) is 43.5 Å². The third-order valence-corrected chi connectivity index (χ3v) is 3.68. The summed E-state index contributed by atoms with van der Waals surface area (Å²) in [5.74, 6) is 0.862.